The van der Waals surface area contributed by atoms with E-state index in [1.807, 2.05) is 60.3 Å². The lowest BCUT2D eigenvalue weighted by Gasteiger charge is -2.05. The maximum absolute atomic E-state index is 12.2. The SMILES string of the molecule is Cn1c(C(=O)NCc2ccc[nH]2)cc2ccccc21. The number of hydrogen-bond acceptors (Lipinski definition) is 1. The number of H-pyrrole nitrogens is 1. The van der Waals surface area contributed by atoms with E-state index in [2.05, 4.69) is 10.3 Å². The number of carbonyl (C=O) groups is 1. The molecule has 0 saturated heterocycles. The van der Waals surface area contributed by atoms with Gasteiger partial charge in [0.05, 0.1) is 6.54 Å². The second-order valence-electron chi connectivity index (χ2n) is 4.53. The Balaban J connectivity index is 1.83. The summed E-state index contributed by atoms with van der Waals surface area (Å²) in [4.78, 5) is 15.2. The third-order valence-corrected chi connectivity index (χ3v) is 3.29. The summed E-state index contributed by atoms with van der Waals surface area (Å²) in [5, 5.41) is 3.99. The number of para-hydroxylation sites is 1. The number of rotatable bonds is 3. The molecule has 0 spiro atoms. The van der Waals surface area contributed by atoms with Crippen LogP contribution in [-0.4, -0.2) is 15.5 Å². The fourth-order valence-electron chi connectivity index (χ4n) is 2.25. The highest BCUT2D eigenvalue weighted by molar-refractivity contribution is 5.98. The Morgan fingerprint density at radius 1 is 1.26 bits per heavy atom. The Hall–Kier alpha value is -2.49. The van der Waals surface area contributed by atoms with Crippen molar-refractivity contribution in [2.75, 3.05) is 0 Å². The lowest BCUT2D eigenvalue weighted by molar-refractivity contribution is 0.0943. The topological polar surface area (TPSA) is 49.8 Å². The molecule has 0 fully saturated rings. The van der Waals surface area contributed by atoms with Gasteiger partial charge in [-0.15, -0.1) is 0 Å². The van der Waals surface area contributed by atoms with Crippen molar-refractivity contribution in [3.8, 4) is 0 Å². The van der Waals surface area contributed by atoms with Crippen LogP contribution in [0.15, 0.2) is 48.7 Å². The first kappa shape index (κ1) is 11.6. The summed E-state index contributed by atoms with van der Waals surface area (Å²) in [5.41, 5.74) is 2.73. The monoisotopic (exact) mass is 253 g/mol. The zero-order valence-corrected chi connectivity index (χ0v) is 10.7. The highest BCUT2D eigenvalue weighted by atomic mass is 16.1. The molecular weight excluding hydrogens is 238 g/mol. The molecule has 0 saturated carbocycles. The Labute approximate surface area is 111 Å². The molecule has 4 nitrogen and oxygen atoms in total. The van der Waals surface area contributed by atoms with Gasteiger partial charge in [0.25, 0.3) is 5.91 Å². The van der Waals surface area contributed by atoms with Crippen LogP contribution in [0.2, 0.25) is 0 Å². The predicted octanol–water partition coefficient (Wildman–Crippen LogP) is 2.44. The number of aromatic amines is 1. The van der Waals surface area contributed by atoms with Crippen LogP contribution in [0.4, 0.5) is 0 Å². The number of fused-ring (bicyclic) bond motifs is 1. The molecule has 96 valence electrons. The van der Waals surface area contributed by atoms with Crippen LogP contribution in [0.5, 0.6) is 0 Å². The average molecular weight is 253 g/mol. The number of aromatic nitrogens is 2. The van der Waals surface area contributed by atoms with Crippen LogP contribution >= 0.6 is 0 Å². The van der Waals surface area contributed by atoms with E-state index in [0.717, 1.165) is 16.6 Å². The molecule has 3 aromatic rings. The second kappa shape index (κ2) is 4.65. The molecule has 2 heterocycles. The third kappa shape index (κ3) is 2.12. The average Bonchev–Trinajstić information content (AvgIpc) is 3.05. The van der Waals surface area contributed by atoms with E-state index in [4.69, 9.17) is 0 Å². The molecule has 1 aromatic carbocycles. The predicted molar refractivity (Wildman–Crippen MR) is 74.9 cm³/mol. The number of benzene rings is 1. The highest BCUT2D eigenvalue weighted by Crippen LogP contribution is 2.18. The van der Waals surface area contributed by atoms with E-state index < -0.39 is 0 Å². The van der Waals surface area contributed by atoms with Crippen LogP contribution in [0.3, 0.4) is 0 Å². The van der Waals surface area contributed by atoms with Crippen LogP contribution in [0.25, 0.3) is 10.9 Å². The molecule has 2 aromatic heterocycles. The maximum Gasteiger partial charge on any atom is 0.268 e. The second-order valence-corrected chi connectivity index (χ2v) is 4.53. The molecular formula is C15H15N3O. The summed E-state index contributed by atoms with van der Waals surface area (Å²) < 4.78 is 1.92. The lowest BCUT2D eigenvalue weighted by atomic mass is 10.2. The van der Waals surface area contributed by atoms with Crippen molar-refractivity contribution in [1.82, 2.24) is 14.9 Å². The molecule has 0 atom stereocenters. The molecule has 4 heteroatoms. The van der Waals surface area contributed by atoms with Crippen molar-refractivity contribution >= 4 is 16.8 Å². The largest absolute Gasteiger partial charge is 0.364 e. The van der Waals surface area contributed by atoms with Gasteiger partial charge in [0.15, 0.2) is 0 Å². The Morgan fingerprint density at radius 2 is 2.11 bits per heavy atom. The summed E-state index contributed by atoms with van der Waals surface area (Å²) in [6, 6.07) is 13.7. The van der Waals surface area contributed by atoms with Gasteiger partial charge in [-0.1, -0.05) is 18.2 Å². The lowest BCUT2D eigenvalue weighted by Crippen LogP contribution is -2.24. The Kier molecular flexibility index (Phi) is 2.83. The summed E-state index contributed by atoms with van der Waals surface area (Å²) in [6.45, 7) is 0.507. The number of nitrogens with one attached hydrogen (secondary N) is 2. The molecule has 0 bridgehead atoms. The minimum atomic E-state index is -0.0618. The molecule has 19 heavy (non-hydrogen) atoms. The van der Waals surface area contributed by atoms with E-state index in [1.54, 1.807) is 0 Å². The smallest absolute Gasteiger partial charge is 0.268 e. The van der Waals surface area contributed by atoms with E-state index >= 15 is 0 Å². The van der Waals surface area contributed by atoms with Crippen molar-refractivity contribution in [1.29, 1.82) is 0 Å². The molecule has 0 aliphatic carbocycles. The van der Waals surface area contributed by atoms with E-state index in [9.17, 15) is 4.79 Å². The quantitative estimate of drug-likeness (QED) is 0.740. The van der Waals surface area contributed by atoms with Crippen molar-refractivity contribution in [2.45, 2.75) is 6.54 Å². The standard InChI is InChI=1S/C15H15N3O/c1-18-13-7-3-2-5-11(13)9-14(18)15(19)17-10-12-6-4-8-16-12/h2-9,16H,10H2,1H3,(H,17,19). The summed E-state index contributed by atoms with van der Waals surface area (Å²) in [5.74, 6) is -0.0618. The number of hydrogen-bond donors (Lipinski definition) is 2. The highest BCUT2D eigenvalue weighted by Gasteiger charge is 2.12. The van der Waals surface area contributed by atoms with Crippen LogP contribution in [0, 0.1) is 0 Å². The van der Waals surface area contributed by atoms with Crippen molar-refractivity contribution in [3.63, 3.8) is 0 Å². The van der Waals surface area contributed by atoms with Gasteiger partial charge in [-0.3, -0.25) is 4.79 Å². The van der Waals surface area contributed by atoms with Crippen molar-refractivity contribution in [2.24, 2.45) is 7.05 Å². The summed E-state index contributed by atoms with van der Waals surface area (Å²) in [7, 11) is 1.91. The summed E-state index contributed by atoms with van der Waals surface area (Å²) >= 11 is 0. The number of carbonyl (C=O) groups excluding carboxylic acids is 1. The maximum atomic E-state index is 12.2. The summed E-state index contributed by atoms with van der Waals surface area (Å²) in [6.07, 6.45) is 1.85. The molecule has 2 N–H and O–H groups in total. The van der Waals surface area contributed by atoms with Gasteiger partial charge in [-0.05, 0) is 24.3 Å². The zero-order chi connectivity index (χ0) is 13.2. The van der Waals surface area contributed by atoms with Gasteiger partial charge >= 0.3 is 0 Å². The molecule has 3 rings (SSSR count). The minimum absolute atomic E-state index is 0.0618. The first-order valence-electron chi connectivity index (χ1n) is 6.20. The van der Waals surface area contributed by atoms with Gasteiger partial charge in [0.1, 0.15) is 5.69 Å². The van der Waals surface area contributed by atoms with Gasteiger partial charge in [0, 0.05) is 29.8 Å². The van der Waals surface area contributed by atoms with Gasteiger partial charge in [-0.2, -0.15) is 0 Å². The first-order chi connectivity index (χ1) is 9.25. The minimum Gasteiger partial charge on any atom is -0.364 e. The molecule has 0 unspecified atom stereocenters. The number of amides is 1. The fraction of sp³-hybridized carbons (Fsp3) is 0.133. The molecule has 0 aliphatic rings. The molecule has 0 aliphatic heterocycles. The van der Waals surface area contributed by atoms with Crippen molar-refractivity contribution < 1.29 is 4.79 Å². The van der Waals surface area contributed by atoms with Crippen molar-refractivity contribution in [3.05, 3.63) is 60.0 Å². The zero-order valence-electron chi connectivity index (χ0n) is 10.7. The van der Waals surface area contributed by atoms with Crippen LogP contribution in [0.1, 0.15) is 16.2 Å². The third-order valence-electron chi connectivity index (χ3n) is 3.29. The van der Waals surface area contributed by atoms with Gasteiger partial charge in [-0.25, -0.2) is 0 Å². The number of aryl methyl sites for hydroxylation is 1. The Morgan fingerprint density at radius 3 is 2.84 bits per heavy atom. The van der Waals surface area contributed by atoms with E-state index in [1.165, 1.54) is 0 Å². The fourth-order valence-corrected chi connectivity index (χ4v) is 2.25. The molecule has 1 amide bonds. The Bertz CT molecular complexity index is 710. The molecule has 0 radical (unpaired) electrons. The normalized spacial score (nSPS) is 10.8. The first-order valence-corrected chi connectivity index (χ1v) is 6.20. The number of nitrogens with zero attached hydrogens (tertiary/aromatic N) is 1. The van der Waals surface area contributed by atoms with E-state index in [-0.39, 0.29) is 5.91 Å². The van der Waals surface area contributed by atoms with Gasteiger partial charge in [0.2, 0.25) is 0 Å². The van der Waals surface area contributed by atoms with Crippen LogP contribution < -0.4 is 5.32 Å². The van der Waals surface area contributed by atoms with E-state index in [0.29, 0.717) is 12.2 Å². The van der Waals surface area contributed by atoms with Crippen LogP contribution in [-0.2, 0) is 13.6 Å². The van der Waals surface area contributed by atoms with Gasteiger partial charge < -0.3 is 14.9 Å².